The average molecular weight is 423 g/mol. The molecule has 1 aromatic carbocycles. The Labute approximate surface area is 183 Å². The van der Waals surface area contributed by atoms with E-state index >= 15 is 0 Å². The molecule has 1 saturated heterocycles. The van der Waals surface area contributed by atoms with E-state index in [4.69, 9.17) is 0 Å². The first kappa shape index (κ1) is 21.7. The lowest BCUT2D eigenvalue weighted by Gasteiger charge is -2.37. The number of tetrazole rings is 1. The molecule has 0 bridgehead atoms. The third-order valence-corrected chi connectivity index (χ3v) is 6.85. The van der Waals surface area contributed by atoms with Gasteiger partial charge in [0.2, 0.25) is 0 Å². The molecule has 2 atom stereocenters. The number of hydrogen-bond acceptors (Lipinski definition) is 5. The first-order valence-electron chi connectivity index (χ1n) is 11.4. The third-order valence-electron chi connectivity index (χ3n) is 6.85. The number of hydrogen-bond donors (Lipinski definition) is 1. The van der Waals surface area contributed by atoms with Crippen molar-refractivity contribution in [3.05, 3.63) is 51.1 Å². The molecule has 1 aliphatic rings. The summed E-state index contributed by atoms with van der Waals surface area (Å²) in [4.78, 5) is 19.0. The van der Waals surface area contributed by atoms with Gasteiger partial charge in [-0.15, -0.1) is 5.10 Å². The van der Waals surface area contributed by atoms with Gasteiger partial charge in [-0.3, -0.25) is 9.69 Å². The summed E-state index contributed by atoms with van der Waals surface area (Å²) in [6.07, 6.45) is 3.21. The maximum Gasteiger partial charge on any atom is 0.253 e. The smallest absolute Gasteiger partial charge is 0.253 e. The number of aryl methyl sites for hydroxylation is 2. The number of pyridine rings is 1. The van der Waals surface area contributed by atoms with Gasteiger partial charge < -0.3 is 4.98 Å². The largest absolute Gasteiger partial charge is 0.321 e. The number of rotatable bonds is 5. The van der Waals surface area contributed by atoms with Gasteiger partial charge in [-0.1, -0.05) is 25.5 Å². The third kappa shape index (κ3) is 4.03. The molecule has 0 aliphatic carbocycles. The monoisotopic (exact) mass is 422 g/mol. The van der Waals surface area contributed by atoms with Gasteiger partial charge >= 0.3 is 0 Å². The Hall–Kier alpha value is -2.54. The van der Waals surface area contributed by atoms with E-state index in [0.29, 0.717) is 5.92 Å². The minimum Gasteiger partial charge on any atom is -0.321 e. The lowest BCUT2D eigenvalue weighted by Crippen LogP contribution is -2.42. The Morgan fingerprint density at radius 2 is 2.03 bits per heavy atom. The van der Waals surface area contributed by atoms with Crippen LogP contribution in [0.5, 0.6) is 0 Å². The highest BCUT2D eigenvalue weighted by Gasteiger charge is 2.35. The molecule has 3 heterocycles. The predicted molar refractivity (Wildman–Crippen MR) is 123 cm³/mol. The average Bonchev–Trinajstić information content (AvgIpc) is 3.20. The zero-order valence-electron chi connectivity index (χ0n) is 19.6. The maximum absolute atomic E-state index is 13.4. The van der Waals surface area contributed by atoms with Crippen LogP contribution in [-0.4, -0.2) is 43.2 Å². The zero-order chi connectivity index (χ0) is 22.3. The van der Waals surface area contributed by atoms with E-state index in [2.05, 4.69) is 78.2 Å². The second-order valence-corrected chi connectivity index (χ2v) is 9.86. The van der Waals surface area contributed by atoms with E-state index in [-0.39, 0.29) is 17.1 Å². The van der Waals surface area contributed by atoms with E-state index in [1.54, 1.807) is 0 Å². The number of benzene rings is 1. The van der Waals surface area contributed by atoms with Gasteiger partial charge in [0.05, 0.1) is 11.1 Å². The second-order valence-electron chi connectivity index (χ2n) is 9.86. The fourth-order valence-corrected chi connectivity index (χ4v) is 4.81. The summed E-state index contributed by atoms with van der Waals surface area (Å²) >= 11 is 0. The maximum atomic E-state index is 13.4. The molecule has 2 aromatic heterocycles. The van der Waals surface area contributed by atoms with Crippen LogP contribution in [0.25, 0.3) is 10.9 Å². The summed E-state index contributed by atoms with van der Waals surface area (Å²) in [7, 11) is 0. The van der Waals surface area contributed by atoms with Crippen LogP contribution in [0.15, 0.2) is 23.0 Å². The Kier molecular flexibility index (Phi) is 5.73. The molecule has 3 aromatic rings. The van der Waals surface area contributed by atoms with Crippen molar-refractivity contribution >= 4 is 10.9 Å². The van der Waals surface area contributed by atoms with Crippen LogP contribution in [-0.2, 0) is 5.54 Å². The van der Waals surface area contributed by atoms with E-state index in [0.717, 1.165) is 53.8 Å². The molecule has 0 spiro atoms. The van der Waals surface area contributed by atoms with Crippen LogP contribution < -0.4 is 5.56 Å². The number of aromatic amines is 1. The van der Waals surface area contributed by atoms with Gasteiger partial charge in [0.15, 0.2) is 5.82 Å². The van der Waals surface area contributed by atoms with Crippen molar-refractivity contribution in [3.63, 3.8) is 0 Å². The molecule has 1 fully saturated rings. The van der Waals surface area contributed by atoms with Crippen LogP contribution in [0.2, 0.25) is 0 Å². The quantitative estimate of drug-likeness (QED) is 0.670. The SMILES string of the molecule is CCC(C)(C)n1nnnc1C(c1cc2cc(C)cc(C)c2[nH]c1=O)N1CCCC(C)C1. The number of nitrogens with zero attached hydrogens (tertiary/aromatic N) is 5. The summed E-state index contributed by atoms with van der Waals surface area (Å²) in [6.45, 7) is 14.7. The Morgan fingerprint density at radius 3 is 2.74 bits per heavy atom. The van der Waals surface area contributed by atoms with Crippen LogP contribution in [0, 0.1) is 19.8 Å². The summed E-state index contributed by atoms with van der Waals surface area (Å²) in [5.41, 5.74) is 3.58. The molecule has 31 heavy (non-hydrogen) atoms. The molecule has 7 heteroatoms. The van der Waals surface area contributed by atoms with Crippen molar-refractivity contribution in [1.82, 2.24) is 30.1 Å². The summed E-state index contributed by atoms with van der Waals surface area (Å²) < 4.78 is 1.92. The van der Waals surface area contributed by atoms with Crippen molar-refractivity contribution in [2.45, 2.75) is 72.4 Å². The summed E-state index contributed by atoms with van der Waals surface area (Å²) in [5, 5.41) is 13.9. The van der Waals surface area contributed by atoms with E-state index < -0.39 is 0 Å². The standard InChI is InChI=1S/C24H34N6O/c1-7-24(5,6)30-22(26-27-28-30)21(29-10-8-9-15(2)14-29)19-13-18-12-16(3)11-17(4)20(18)25-23(19)31/h11-13,15,21H,7-10,14H2,1-6H3,(H,25,31). The predicted octanol–water partition coefficient (Wildman–Crippen LogP) is 4.10. The molecular weight excluding hydrogens is 388 g/mol. The molecule has 1 aliphatic heterocycles. The second kappa shape index (κ2) is 8.19. The Morgan fingerprint density at radius 1 is 1.26 bits per heavy atom. The fraction of sp³-hybridized carbons (Fsp3) is 0.583. The lowest BCUT2D eigenvalue weighted by atomic mass is 9.94. The van der Waals surface area contributed by atoms with Gasteiger partial charge in [-0.25, -0.2) is 4.68 Å². The van der Waals surface area contributed by atoms with Gasteiger partial charge in [0, 0.05) is 12.1 Å². The van der Waals surface area contributed by atoms with Gasteiger partial charge in [-0.2, -0.15) is 0 Å². The Balaban J connectivity index is 1.94. The first-order valence-corrected chi connectivity index (χ1v) is 11.4. The van der Waals surface area contributed by atoms with Crippen molar-refractivity contribution in [1.29, 1.82) is 0 Å². The van der Waals surface area contributed by atoms with Crippen molar-refractivity contribution < 1.29 is 0 Å². The fourth-order valence-electron chi connectivity index (χ4n) is 4.81. The molecule has 4 rings (SSSR count). The number of nitrogens with one attached hydrogen (secondary N) is 1. The lowest BCUT2D eigenvalue weighted by molar-refractivity contribution is 0.135. The van der Waals surface area contributed by atoms with Crippen LogP contribution in [0.4, 0.5) is 0 Å². The number of aromatic nitrogens is 5. The molecule has 2 unspecified atom stereocenters. The highest BCUT2D eigenvalue weighted by atomic mass is 16.1. The van der Waals surface area contributed by atoms with Crippen LogP contribution in [0.1, 0.15) is 75.5 Å². The van der Waals surface area contributed by atoms with Crippen molar-refractivity contribution in [3.8, 4) is 0 Å². The van der Waals surface area contributed by atoms with Gasteiger partial charge in [0.25, 0.3) is 5.56 Å². The summed E-state index contributed by atoms with van der Waals surface area (Å²) in [5.74, 6) is 1.32. The minimum absolute atomic E-state index is 0.0634. The normalized spacial score (nSPS) is 19.1. The first-order chi connectivity index (χ1) is 14.7. The molecule has 0 saturated carbocycles. The van der Waals surface area contributed by atoms with Crippen LogP contribution >= 0.6 is 0 Å². The minimum atomic E-state index is -0.280. The molecule has 0 amide bonds. The summed E-state index contributed by atoms with van der Waals surface area (Å²) in [6, 6.07) is 6.01. The van der Waals surface area contributed by atoms with Crippen LogP contribution in [0.3, 0.4) is 0 Å². The van der Waals surface area contributed by atoms with Gasteiger partial charge in [0.1, 0.15) is 6.04 Å². The Bertz CT molecular complexity index is 1140. The molecule has 0 radical (unpaired) electrons. The van der Waals surface area contributed by atoms with E-state index in [9.17, 15) is 4.79 Å². The van der Waals surface area contributed by atoms with Gasteiger partial charge in [-0.05, 0) is 92.9 Å². The van der Waals surface area contributed by atoms with Crippen molar-refractivity contribution in [2.75, 3.05) is 13.1 Å². The van der Waals surface area contributed by atoms with Crippen molar-refractivity contribution in [2.24, 2.45) is 5.92 Å². The topological polar surface area (TPSA) is 79.7 Å². The number of H-pyrrole nitrogens is 1. The highest BCUT2D eigenvalue weighted by Crippen LogP contribution is 2.33. The number of piperidine rings is 1. The molecule has 1 N–H and O–H groups in total. The number of likely N-dealkylation sites (tertiary alicyclic amines) is 1. The molecular formula is C24H34N6O. The number of fused-ring (bicyclic) bond motifs is 1. The van der Waals surface area contributed by atoms with E-state index in [1.165, 1.54) is 12.0 Å². The zero-order valence-corrected chi connectivity index (χ0v) is 19.6. The molecule has 166 valence electrons. The van der Waals surface area contributed by atoms with E-state index in [1.807, 2.05) is 11.6 Å². The highest BCUT2D eigenvalue weighted by molar-refractivity contribution is 5.83. The molecule has 7 nitrogen and oxygen atoms in total.